The maximum absolute atomic E-state index is 15.3. The second-order valence-electron chi connectivity index (χ2n) is 12.6. The first-order valence-corrected chi connectivity index (χ1v) is 15.0. The van der Waals surface area contributed by atoms with Gasteiger partial charge in [-0.05, 0) is 74.2 Å². The third-order valence-corrected chi connectivity index (χ3v) is 8.67. The number of likely N-dealkylation sites (tertiary alicyclic amines) is 1. The molecule has 2 aromatic carbocycles. The van der Waals surface area contributed by atoms with Crippen LogP contribution in [-0.4, -0.2) is 48.6 Å². The summed E-state index contributed by atoms with van der Waals surface area (Å²) in [6, 6.07) is 12.4. The van der Waals surface area contributed by atoms with Crippen molar-refractivity contribution in [2.75, 3.05) is 18.9 Å². The summed E-state index contributed by atoms with van der Waals surface area (Å²) in [7, 11) is 2.11. The number of hydrogen-bond donors (Lipinski definition) is 3. The zero-order valence-corrected chi connectivity index (χ0v) is 26.0. The number of aromatic amines is 1. The first kappa shape index (κ1) is 30.3. The van der Waals surface area contributed by atoms with Gasteiger partial charge in [-0.15, -0.1) is 0 Å². The van der Waals surface area contributed by atoms with Gasteiger partial charge in [0.25, 0.3) is 11.1 Å². The molecule has 0 saturated carbocycles. The highest BCUT2D eigenvalue weighted by molar-refractivity contribution is 5.83. The molecule has 1 aliphatic heterocycles. The first-order chi connectivity index (χ1) is 21.5. The van der Waals surface area contributed by atoms with Gasteiger partial charge in [0.1, 0.15) is 17.3 Å². The lowest BCUT2D eigenvalue weighted by Gasteiger charge is -2.20. The molecule has 0 amide bonds. The Labute approximate surface area is 259 Å². The second kappa shape index (κ2) is 11.6. The Morgan fingerprint density at radius 1 is 1.13 bits per heavy atom. The number of rotatable bonds is 6. The van der Waals surface area contributed by atoms with E-state index < -0.39 is 23.5 Å². The molecule has 6 rings (SSSR count). The van der Waals surface area contributed by atoms with Crippen LogP contribution in [0, 0.1) is 12.7 Å². The molecule has 0 spiro atoms. The number of H-pyrrole nitrogens is 1. The van der Waals surface area contributed by atoms with Crippen LogP contribution in [0.1, 0.15) is 61.9 Å². The maximum atomic E-state index is 15.3. The molecule has 45 heavy (non-hydrogen) atoms. The van der Waals surface area contributed by atoms with E-state index in [0.717, 1.165) is 35.2 Å². The molecule has 1 fully saturated rings. The molecule has 4 heterocycles. The smallest absolute Gasteiger partial charge is 0.288 e. The van der Waals surface area contributed by atoms with E-state index in [9.17, 15) is 14.7 Å². The van der Waals surface area contributed by atoms with Gasteiger partial charge in [-0.2, -0.15) is 14.9 Å². The van der Waals surface area contributed by atoms with Crippen molar-refractivity contribution in [3.8, 4) is 16.9 Å². The number of aliphatic hydroxyl groups excluding tert-OH is 1. The van der Waals surface area contributed by atoms with Crippen LogP contribution in [0.2, 0.25) is 0 Å². The van der Waals surface area contributed by atoms with Crippen molar-refractivity contribution in [1.82, 2.24) is 29.9 Å². The number of aromatic nitrogens is 5. The Hall–Kier alpha value is -4.74. The third-order valence-electron chi connectivity index (χ3n) is 8.67. The third kappa shape index (κ3) is 5.53. The fraction of sp³-hybridized carbons (Fsp3) is 0.324. The molecule has 10 nitrogen and oxygen atoms in total. The lowest BCUT2D eigenvalue weighted by Crippen LogP contribution is -2.24. The Bertz CT molecular complexity index is 2030. The quantitative estimate of drug-likeness (QED) is 0.237. The van der Waals surface area contributed by atoms with Gasteiger partial charge in [0, 0.05) is 34.3 Å². The van der Waals surface area contributed by atoms with Gasteiger partial charge in [-0.3, -0.25) is 14.5 Å². The fourth-order valence-electron chi connectivity index (χ4n) is 6.08. The average Bonchev–Trinajstić information content (AvgIpc) is 3.44. The minimum Gasteiger partial charge on any atom is -0.392 e. The van der Waals surface area contributed by atoms with E-state index in [-0.39, 0.29) is 22.2 Å². The second-order valence-corrected chi connectivity index (χ2v) is 12.6. The number of pyridine rings is 1. The van der Waals surface area contributed by atoms with Gasteiger partial charge in [-0.1, -0.05) is 39.0 Å². The van der Waals surface area contributed by atoms with Gasteiger partial charge in [0.05, 0.1) is 29.6 Å². The van der Waals surface area contributed by atoms with E-state index >= 15 is 4.39 Å². The number of nitrogens with zero attached hydrogens (tertiary/aromatic N) is 5. The zero-order valence-electron chi connectivity index (χ0n) is 26.0. The lowest BCUT2D eigenvalue weighted by molar-refractivity contribution is 0.281. The first-order valence-electron chi connectivity index (χ1n) is 15.0. The highest BCUT2D eigenvalue weighted by atomic mass is 19.1. The zero-order chi connectivity index (χ0) is 32.0. The van der Waals surface area contributed by atoms with Crippen molar-refractivity contribution in [1.29, 1.82) is 0 Å². The summed E-state index contributed by atoms with van der Waals surface area (Å²) in [5, 5.41) is 25.2. The summed E-state index contributed by atoms with van der Waals surface area (Å²) in [4.78, 5) is 33.4. The number of hydrogen-bond acceptors (Lipinski definition) is 8. The van der Waals surface area contributed by atoms with Crippen molar-refractivity contribution in [2.24, 2.45) is 0 Å². The molecule has 3 aromatic heterocycles. The van der Waals surface area contributed by atoms with E-state index in [2.05, 4.69) is 37.5 Å². The van der Waals surface area contributed by atoms with E-state index in [4.69, 9.17) is 0 Å². The van der Waals surface area contributed by atoms with Crippen LogP contribution < -0.4 is 16.4 Å². The molecule has 0 bridgehead atoms. The van der Waals surface area contributed by atoms with Crippen LogP contribution in [0.15, 0.2) is 64.4 Å². The number of fused-ring (bicyclic) bond motifs is 1. The van der Waals surface area contributed by atoms with E-state index in [1.807, 2.05) is 39.1 Å². The molecule has 0 radical (unpaired) electrons. The summed E-state index contributed by atoms with van der Waals surface area (Å²) >= 11 is 0. The summed E-state index contributed by atoms with van der Waals surface area (Å²) in [6.07, 6.45) is 5.51. The largest absolute Gasteiger partial charge is 0.392 e. The molecule has 1 atom stereocenters. The van der Waals surface area contributed by atoms with Crippen LogP contribution in [0.5, 0.6) is 0 Å². The van der Waals surface area contributed by atoms with Crippen LogP contribution in [-0.2, 0) is 12.0 Å². The summed E-state index contributed by atoms with van der Waals surface area (Å²) in [5.74, 6) is -0.129. The van der Waals surface area contributed by atoms with Gasteiger partial charge in [-0.25, -0.2) is 14.5 Å². The van der Waals surface area contributed by atoms with Crippen molar-refractivity contribution >= 4 is 22.3 Å². The molecule has 0 unspecified atom stereocenters. The molecule has 1 aliphatic rings. The standard InChI is InChI=1S/C34H36FN7O3/c1-19-30(39-40-32(44)31(19)38-28-12-11-20(16-36-28)26-10-7-13-41(26)5)23-8-6-9-27(24(23)18-43)42-33(45)29-21(17-37-42)14-22(15-25(29)35)34(2,3)4/h6,8-9,11-12,14-17,26,43H,7,10,13,18H2,1-5H3,(H,40,44)(H,36,38,39)/t26-/m0/s1. The average molecular weight is 610 g/mol. The lowest BCUT2D eigenvalue weighted by atomic mass is 9.86. The fourth-order valence-corrected chi connectivity index (χ4v) is 6.08. The van der Waals surface area contributed by atoms with Crippen molar-refractivity contribution in [3.63, 3.8) is 0 Å². The predicted molar refractivity (Wildman–Crippen MR) is 173 cm³/mol. The molecule has 3 N–H and O–H groups in total. The van der Waals surface area contributed by atoms with E-state index in [1.54, 1.807) is 31.2 Å². The van der Waals surface area contributed by atoms with E-state index in [0.29, 0.717) is 39.6 Å². The van der Waals surface area contributed by atoms with Gasteiger partial charge in [0.15, 0.2) is 0 Å². The van der Waals surface area contributed by atoms with Crippen LogP contribution in [0.25, 0.3) is 27.7 Å². The summed E-state index contributed by atoms with van der Waals surface area (Å²) in [5.41, 5.74) is 2.74. The van der Waals surface area contributed by atoms with Gasteiger partial charge in [0.2, 0.25) is 0 Å². The van der Waals surface area contributed by atoms with Crippen LogP contribution >= 0.6 is 0 Å². The number of nitrogens with one attached hydrogen (secondary N) is 2. The van der Waals surface area contributed by atoms with Crippen molar-refractivity contribution in [3.05, 3.63) is 104 Å². The summed E-state index contributed by atoms with van der Waals surface area (Å²) < 4.78 is 16.4. The Balaban J connectivity index is 1.40. The molecule has 232 valence electrons. The van der Waals surface area contributed by atoms with Crippen LogP contribution in [0.4, 0.5) is 15.9 Å². The highest BCUT2D eigenvalue weighted by Crippen LogP contribution is 2.33. The van der Waals surface area contributed by atoms with Gasteiger partial charge >= 0.3 is 0 Å². The molecular weight excluding hydrogens is 573 g/mol. The Kier molecular flexibility index (Phi) is 7.84. The Morgan fingerprint density at radius 2 is 1.93 bits per heavy atom. The van der Waals surface area contributed by atoms with Gasteiger partial charge < -0.3 is 10.4 Å². The minimum absolute atomic E-state index is 0.0878. The number of benzene rings is 2. The normalized spacial score (nSPS) is 15.6. The molecule has 0 aliphatic carbocycles. The minimum atomic E-state index is -0.649. The SMILES string of the molecule is Cc1c(-c2cccc(-n3ncc4cc(C(C)(C)C)cc(F)c4c3=O)c2CO)n[nH]c(=O)c1Nc1ccc([C@@H]2CCCN2C)cn1. The molecule has 5 aromatic rings. The molecular formula is C34H36FN7O3. The highest BCUT2D eigenvalue weighted by Gasteiger charge is 2.24. The van der Waals surface area contributed by atoms with Crippen LogP contribution in [0.3, 0.4) is 0 Å². The van der Waals surface area contributed by atoms with Crippen molar-refractivity contribution < 1.29 is 9.50 Å². The number of anilines is 2. The van der Waals surface area contributed by atoms with Crippen molar-refractivity contribution in [2.45, 2.75) is 58.6 Å². The topological polar surface area (TPSA) is 129 Å². The predicted octanol–water partition coefficient (Wildman–Crippen LogP) is 5.28. The number of halogens is 1. The maximum Gasteiger partial charge on any atom is 0.288 e. The van der Waals surface area contributed by atoms with E-state index in [1.165, 1.54) is 12.3 Å². The molecule has 11 heteroatoms. The molecule has 1 saturated heterocycles. The monoisotopic (exact) mass is 609 g/mol. The summed E-state index contributed by atoms with van der Waals surface area (Å²) in [6.45, 7) is 8.24. The Morgan fingerprint density at radius 3 is 2.60 bits per heavy atom. The number of aliphatic hydroxyl groups is 1.